The third kappa shape index (κ3) is 3.18. The molecule has 0 aromatic heterocycles. The van der Waals surface area contributed by atoms with Crippen molar-refractivity contribution in [2.75, 3.05) is 35.7 Å². The van der Waals surface area contributed by atoms with Crippen LogP contribution in [0.2, 0.25) is 0 Å². The maximum absolute atomic E-state index is 2.46. The van der Waals surface area contributed by atoms with Gasteiger partial charge < -0.3 is 9.80 Å². The van der Waals surface area contributed by atoms with E-state index in [-0.39, 0.29) is 0 Å². The molecule has 2 aromatic carbocycles. The number of aryl methyl sites for hydroxylation is 1. The summed E-state index contributed by atoms with van der Waals surface area (Å²) in [7, 11) is 0. The number of para-hydroxylation sites is 1. The SMILES string of the molecule is CSc1ccccc1N1C[CH]N(c2cccc(C)c2)CC1. The van der Waals surface area contributed by atoms with Gasteiger partial charge in [-0.3, -0.25) is 0 Å². The van der Waals surface area contributed by atoms with Crippen molar-refractivity contribution in [1.29, 1.82) is 0 Å². The summed E-state index contributed by atoms with van der Waals surface area (Å²) in [6.07, 6.45) is 2.14. The predicted octanol–water partition coefficient (Wildman–Crippen LogP) is 4.21. The average Bonchev–Trinajstić information content (AvgIpc) is 2.55. The van der Waals surface area contributed by atoms with Crippen molar-refractivity contribution in [2.24, 2.45) is 0 Å². The molecule has 0 atom stereocenters. The van der Waals surface area contributed by atoms with Gasteiger partial charge in [0.2, 0.25) is 0 Å². The number of piperazine rings is 1. The van der Waals surface area contributed by atoms with Gasteiger partial charge in [-0.05, 0) is 43.0 Å². The zero-order valence-corrected chi connectivity index (χ0v) is 13.4. The molecule has 1 heterocycles. The normalized spacial score (nSPS) is 15.3. The highest BCUT2D eigenvalue weighted by atomic mass is 32.2. The second-order valence-electron chi connectivity index (χ2n) is 5.33. The van der Waals surface area contributed by atoms with Crippen LogP contribution in [0.25, 0.3) is 0 Å². The van der Waals surface area contributed by atoms with Crippen molar-refractivity contribution in [3.63, 3.8) is 0 Å². The van der Waals surface area contributed by atoms with E-state index in [9.17, 15) is 0 Å². The number of thioether (sulfide) groups is 1. The molecule has 0 amide bonds. The van der Waals surface area contributed by atoms with E-state index in [1.807, 2.05) is 11.8 Å². The summed E-state index contributed by atoms with van der Waals surface area (Å²) in [5.41, 5.74) is 3.97. The molecule has 0 spiro atoms. The molecule has 109 valence electrons. The number of anilines is 2. The third-order valence-corrected chi connectivity index (χ3v) is 4.68. The van der Waals surface area contributed by atoms with Crippen LogP contribution < -0.4 is 9.80 Å². The molecular formula is C18H21N2S. The van der Waals surface area contributed by atoms with Crippen LogP contribution in [-0.2, 0) is 0 Å². The van der Waals surface area contributed by atoms with Crippen molar-refractivity contribution in [2.45, 2.75) is 11.8 Å². The van der Waals surface area contributed by atoms with E-state index >= 15 is 0 Å². The summed E-state index contributed by atoms with van der Waals surface area (Å²) in [5.74, 6) is 0. The highest BCUT2D eigenvalue weighted by Crippen LogP contribution is 2.30. The fourth-order valence-electron chi connectivity index (χ4n) is 2.76. The first-order valence-electron chi connectivity index (χ1n) is 7.32. The maximum atomic E-state index is 2.46. The lowest BCUT2D eigenvalue weighted by atomic mass is 10.2. The van der Waals surface area contributed by atoms with E-state index in [2.05, 4.69) is 78.1 Å². The molecule has 0 saturated carbocycles. The quantitative estimate of drug-likeness (QED) is 0.784. The third-order valence-electron chi connectivity index (χ3n) is 3.89. The van der Waals surface area contributed by atoms with Crippen LogP contribution in [0.3, 0.4) is 0 Å². The molecule has 1 aliphatic rings. The Labute approximate surface area is 131 Å². The van der Waals surface area contributed by atoms with E-state index in [0.29, 0.717) is 0 Å². The van der Waals surface area contributed by atoms with Crippen LogP contribution in [-0.4, -0.2) is 25.9 Å². The second kappa shape index (κ2) is 6.44. The Kier molecular flexibility index (Phi) is 4.39. The second-order valence-corrected chi connectivity index (χ2v) is 6.18. The van der Waals surface area contributed by atoms with Crippen LogP contribution in [0.5, 0.6) is 0 Å². The van der Waals surface area contributed by atoms with Gasteiger partial charge in [-0.1, -0.05) is 24.3 Å². The molecular weight excluding hydrogens is 276 g/mol. The Morgan fingerprint density at radius 3 is 2.57 bits per heavy atom. The van der Waals surface area contributed by atoms with Gasteiger partial charge in [0.15, 0.2) is 0 Å². The summed E-state index contributed by atoms with van der Waals surface area (Å²) in [6, 6.07) is 17.4. The van der Waals surface area contributed by atoms with Crippen LogP contribution in [0, 0.1) is 13.5 Å². The molecule has 2 nitrogen and oxygen atoms in total. The number of rotatable bonds is 3. The molecule has 0 aliphatic carbocycles. The van der Waals surface area contributed by atoms with Crippen molar-refractivity contribution >= 4 is 23.1 Å². The zero-order valence-electron chi connectivity index (χ0n) is 12.6. The topological polar surface area (TPSA) is 6.48 Å². The van der Waals surface area contributed by atoms with Crippen LogP contribution in [0.1, 0.15) is 5.56 Å². The molecule has 1 radical (unpaired) electrons. The summed E-state index contributed by atoms with van der Waals surface area (Å²) in [4.78, 5) is 6.18. The standard InChI is InChI=1S/C18H21N2S/c1-15-6-5-7-16(14-15)19-10-12-20(13-11-19)17-8-3-4-9-18(17)21-2/h3-10,14H,11-13H2,1-2H3. The van der Waals surface area contributed by atoms with Crippen molar-refractivity contribution < 1.29 is 0 Å². The van der Waals surface area contributed by atoms with Gasteiger partial charge >= 0.3 is 0 Å². The first-order valence-corrected chi connectivity index (χ1v) is 8.55. The lowest BCUT2D eigenvalue weighted by molar-refractivity contribution is 0.707. The van der Waals surface area contributed by atoms with E-state index in [1.165, 1.54) is 21.8 Å². The summed E-state index contributed by atoms with van der Waals surface area (Å²) >= 11 is 1.82. The zero-order chi connectivity index (χ0) is 14.7. The molecule has 21 heavy (non-hydrogen) atoms. The lowest BCUT2D eigenvalue weighted by Crippen LogP contribution is -2.43. The molecule has 3 rings (SSSR count). The van der Waals surface area contributed by atoms with Crippen molar-refractivity contribution in [3.05, 3.63) is 60.6 Å². The highest BCUT2D eigenvalue weighted by Gasteiger charge is 2.19. The molecule has 1 aliphatic heterocycles. The van der Waals surface area contributed by atoms with Gasteiger partial charge in [-0.15, -0.1) is 11.8 Å². The van der Waals surface area contributed by atoms with Gasteiger partial charge in [0.25, 0.3) is 0 Å². The first-order chi connectivity index (χ1) is 10.3. The minimum absolute atomic E-state index is 0.964. The molecule has 1 fully saturated rings. The number of nitrogens with zero attached hydrogens (tertiary/aromatic N) is 2. The van der Waals surface area contributed by atoms with Crippen molar-refractivity contribution in [1.82, 2.24) is 0 Å². The summed E-state index contributed by atoms with van der Waals surface area (Å²) in [6.45, 7) is 7.50. The van der Waals surface area contributed by atoms with Crippen LogP contribution in [0.15, 0.2) is 53.4 Å². The smallest absolute Gasteiger partial charge is 0.0686 e. The average molecular weight is 297 g/mol. The number of benzene rings is 2. The Bertz CT molecular complexity index is 604. The highest BCUT2D eigenvalue weighted by molar-refractivity contribution is 7.98. The largest absolute Gasteiger partial charge is 0.367 e. The van der Waals surface area contributed by atoms with Crippen LogP contribution in [0.4, 0.5) is 11.4 Å². The first kappa shape index (κ1) is 14.3. The molecule has 0 bridgehead atoms. The van der Waals surface area contributed by atoms with E-state index in [1.54, 1.807) is 0 Å². The van der Waals surface area contributed by atoms with Gasteiger partial charge in [0.05, 0.1) is 12.2 Å². The number of hydrogen-bond acceptors (Lipinski definition) is 3. The van der Waals surface area contributed by atoms with Crippen LogP contribution >= 0.6 is 11.8 Å². The predicted molar refractivity (Wildman–Crippen MR) is 93.3 cm³/mol. The Morgan fingerprint density at radius 2 is 1.86 bits per heavy atom. The molecule has 0 N–H and O–H groups in total. The van der Waals surface area contributed by atoms with E-state index in [0.717, 1.165) is 19.6 Å². The van der Waals surface area contributed by atoms with E-state index in [4.69, 9.17) is 0 Å². The fraction of sp³-hybridized carbons (Fsp3) is 0.278. The molecule has 1 saturated heterocycles. The fourth-order valence-corrected chi connectivity index (χ4v) is 3.38. The molecule has 2 aromatic rings. The lowest BCUT2D eigenvalue weighted by Gasteiger charge is -2.37. The molecule has 0 unspecified atom stereocenters. The Morgan fingerprint density at radius 1 is 1.00 bits per heavy atom. The molecule has 3 heteroatoms. The van der Waals surface area contributed by atoms with Gasteiger partial charge in [0, 0.05) is 30.2 Å². The minimum atomic E-state index is 0.964. The monoisotopic (exact) mass is 297 g/mol. The van der Waals surface area contributed by atoms with Gasteiger partial charge in [0.1, 0.15) is 0 Å². The van der Waals surface area contributed by atoms with E-state index < -0.39 is 0 Å². The maximum Gasteiger partial charge on any atom is 0.0686 e. The van der Waals surface area contributed by atoms with Crippen molar-refractivity contribution in [3.8, 4) is 0 Å². The summed E-state index contributed by atoms with van der Waals surface area (Å²) < 4.78 is 0. The summed E-state index contributed by atoms with van der Waals surface area (Å²) in [5, 5.41) is 0. The van der Waals surface area contributed by atoms with Gasteiger partial charge in [-0.25, -0.2) is 0 Å². The Hall–Kier alpha value is -1.61. The van der Waals surface area contributed by atoms with Gasteiger partial charge in [-0.2, -0.15) is 0 Å². The minimum Gasteiger partial charge on any atom is -0.367 e. The Balaban J connectivity index is 1.70. The number of hydrogen-bond donors (Lipinski definition) is 0.